The Balaban J connectivity index is 1.67. The van der Waals surface area contributed by atoms with Gasteiger partial charge in [-0.3, -0.25) is 25.2 Å². The van der Waals surface area contributed by atoms with Gasteiger partial charge in [-0.15, -0.1) is 0 Å². The molecule has 0 fully saturated rings. The lowest BCUT2D eigenvalue weighted by Crippen LogP contribution is -2.42. The number of nitrogens with zero attached hydrogens (tertiary/aromatic N) is 2. The van der Waals surface area contributed by atoms with Crippen LogP contribution >= 0.6 is 0 Å². The maximum Gasteiger partial charge on any atom is 0.411 e. The molecule has 1 aromatic heterocycles. The van der Waals surface area contributed by atoms with Gasteiger partial charge in [0.25, 0.3) is 17.4 Å². The van der Waals surface area contributed by atoms with Crippen LogP contribution in [0.4, 0.5) is 13.2 Å². The fraction of sp³-hybridized carbons (Fsp3) is 0.333. The van der Waals surface area contributed by atoms with Gasteiger partial charge in [0.2, 0.25) is 0 Å². The Kier molecular flexibility index (Phi) is 8.58. The van der Waals surface area contributed by atoms with E-state index in [1.165, 1.54) is 28.9 Å². The van der Waals surface area contributed by atoms with E-state index in [9.17, 15) is 27.6 Å². The third-order valence-electron chi connectivity index (χ3n) is 5.10. The molecule has 0 aliphatic carbocycles. The summed E-state index contributed by atoms with van der Waals surface area (Å²) in [6.07, 6.45) is -1.81. The summed E-state index contributed by atoms with van der Waals surface area (Å²) in [4.78, 5) is 38.0. The minimum atomic E-state index is -4.42. The van der Waals surface area contributed by atoms with Crippen molar-refractivity contribution >= 4 is 22.6 Å². The molecule has 2 amide bonds. The Bertz CT molecular complexity index is 1240. The number of rotatable bonds is 9. The number of aromatic nitrogens is 2. The number of carbonyl (C=O) groups excluding carboxylic acids is 2. The monoisotopic (exact) mass is 490 g/mol. The largest absolute Gasteiger partial charge is 0.411 e. The average Bonchev–Trinajstić information content (AvgIpc) is 2.83. The lowest BCUT2D eigenvalue weighted by Gasteiger charge is -2.12. The first-order chi connectivity index (χ1) is 16.7. The molecule has 11 heteroatoms. The molecule has 0 radical (unpaired) electrons. The Morgan fingerprint density at radius 1 is 0.971 bits per heavy atom. The number of nitrogens with one attached hydrogen (secondary N) is 2. The van der Waals surface area contributed by atoms with Crippen LogP contribution in [0.25, 0.3) is 10.8 Å². The van der Waals surface area contributed by atoms with Crippen LogP contribution in [0.5, 0.6) is 0 Å². The van der Waals surface area contributed by atoms with Crippen LogP contribution in [0.2, 0.25) is 0 Å². The van der Waals surface area contributed by atoms with Gasteiger partial charge in [0, 0.05) is 17.5 Å². The lowest BCUT2D eigenvalue weighted by molar-refractivity contribution is -0.176. The molecule has 2 aromatic carbocycles. The molecule has 0 aliphatic heterocycles. The van der Waals surface area contributed by atoms with E-state index in [0.29, 0.717) is 22.9 Å². The van der Waals surface area contributed by atoms with E-state index in [1.807, 2.05) is 6.92 Å². The summed E-state index contributed by atoms with van der Waals surface area (Å²) in [6.45, 7) is 0.775. The number of halogens is 3. The summed E-state index contributed by atoms with van der Waals surface area (Å²) in [5.41, 5.74) is 4.92. The molecule has 2 N–H and O–H groups in total. The van der Waals surface area contributed by atoms with Crippen LogP contribution in [0.1, 0.15) is 52.6 Å². The second-order valence-electron chi connectivity index (χ2n) is 7.84. The van der Waals surface area contributed by atoms with E-state index in [0.717, 1.165) is 19.3 Å². The van der Waals surface area contributed by atoms with E-state index in [1.54, 1.807) is 24.3 Å². The van der Waals surface area contributed by atoms with Crippen molar-refractivity contribution in [2.45, 2.75) is 45.5 Å². The third kappa shape index (κ3) is 7.12. The number of amides is 2. The summed E-state index contributed by atoms with van der Waals surface area (Å²) < 4.78 is 42.3. The quantitative estimate of drug-likeness (QED) is 0.352. The first-order valence-corrected chi connectivity index (χ1v) is 11.0. The number of hydrogen-bond donors (Lipinski definition) is 2. The molecule has 1 heterocycles. The second kappa shape index (κ2) is 11.6. The van der Waals surface area contributed by atoms with Crippen molar-refractivity contribution in [2.75, 3.05) is 6.61 Å². The zero-order chi connectivity index (χ0) is 25.4. The van der Waals surface area contributed by atoms with Crippen molar-refractivity contribution < 1.29 is 27.5 Å². The van der Waals surface area contributed by atoms with Crippen LogP contribution in [-0.2, 0) is 17.9 Å². The molecule has 35 heavy (non-hydrogen) atoms. The van der Waals surface area contributed by atoms with Crippen molar-refractivity contribution in [2.24, 2.45) is 0 Å². The van der Waals surface area contributed by atoms with Gasteiger partial charge in [0.05, 0.1) is 12.0 Å². The van der Waals surface area contributed by atoms with Gasteiger partial charge in [0.15, 0.2) is 5.69 Å². The highest BCUT2D eigenvalue weighted by Gasteiger charge is 2.27. The van der Waals surface area contributed by atoms with E-state index in [4.69, 9.17) is 0 Å². The molecule has 0 bridgehead atoms. The highest BCUT2D eigenvalue weighted by atomic mass is 19.4. The topological polar surface area (TPSA) is 102 Å². The zero-order valence-corrected chi connectivity index (χ0v) is 19.0. The van der Waals surface area contributed by atoms with E-state index in [-0.39, 0.29) is 23.4 Å². The molecule has 0 unspecified atom stereocenters. The van der Waals surface area contributed by atoms with Gasteiger partial charge in [-0.25, -0.2) is 4.68 Å². The standard InChI is InChI=1S/C24H25F3N4O4/c1-2-3-6-13-31-23(34)19-8-5-4-7-18(19)20(30-31)22(33)29-28-21(32)17-11-9-16(10-12-17)14-35-15-24(25,26)27/h4-5,7-12H,2-3,6,13-15H2,1H3,(H,28,32)(H,29,33). The molecule has 3 aromatic rings. The molecule has 8 nitrogen and oxygen atoms in total. The summed E-state index contributed by atoms with van der Waals surface area (Å²) in [7, 11) is 0. The molecular weight excluding hydrogens is 465 g/mol. The Morgan fingerprint density at radius 2 is 1.63 bits per heavy atom. The zero-order valence-electron chi connectivity index (χ0n) is 19.0. The number of hydrogen-bond acceptors (Lipinski definition) is 5. The van der Waals surface area contributed by atoms with Crippen LogP contribution in [0.3, 0.4) is 0 Å². The molecule has 0 saturated heterocycles. The number of carbonyl (C=O) groups is 2. The third-order valence-corrected chi connectivity index (χ3v) is 5.10. The average molecular weight is 490 g/mol. The van der Waals surface area contributed by atoms with Crippen molar-refractivity contribution in [3.8, 4) is 0 Å². The fourth-order valence-corrected chi connectivity index (χ4v) is 3.35. The minimum absolute atomic E-state index is 0.00541. The first kappa shape index (κ1) is 25.9. The first-order valence-electron chi connectivity index (χ1n) is 11.0. The van der Waals surface area contributed by atoms with Crippen molar-refractivity contribution in [1.82, 2.24) is 20.6 Å². The molecule has 0 saturated carbocycles. The van der Waals surface area contributed by atoms with Crippen molar-refractivity contribution in [1.29, 1.82) is 0 Å². The van der Waals surface area contributed by atoms with E-state index < -0.39 is 24.6 Å². The van der Waals surface area contributed by atoms with Gasteiger partial charge >= 0.3 is 6.18 Å². The smallest absolute Gasteiger partial charge is 0.367 e. The lowest BCUT2D eigenvalue weighted by atomic mass is 10.1. The van der Waals surface area contributed by atoms with Crippen LogP contribution in [0.15, 0.2) is 53.3 Å². The van der Waals surface area contributed by atoms with Crippen LogP contribution in [0, 0.1) is 0 Å². The summed E-state index contributed by atoms with van der Waals surface area (Å²) in [6, 6.07) is 12.3. The van der Waals surface area contributed by atoms with Gasteiger partial charge in [-0.2, -0.15) is 18.3 Å². The van der Waals surface area contributed by atoms with Gasteiger partial charge < -0.3 is 4.74 Å². The Labute approximate surface area is 199 Å². The van der Waals surface area contributed by atoms with Crippen LogP contribution < -0.4 is 16.4 Å². The molecular formula is C24H25F3N4O4. The maximum atomic E-state index is 12.8. The maximum absolute atomic E-state index is 12.8. The highest BCUT2D eigenvalue weighted by molar-refractivity contribution is 6.06. The number of ether oxygens (including phenoxy) is 1. The number of hydrazine groups is 1. The minimum Gasteiger partial charge on any atom is -0.367 e. The van der Waals surface area contributed by atoms with E-state index >= 15 is 0 Å². The normalized spacial score (nSPS) is 11.4. The van der Waals surface area contributed by atoms with Gasteiger partial charge in [-0.1, -0.05) is 50.1 Å². The number of alkyl halides is 3. The van der Waals surface area contributed by atoms with Crippen molar-refractivity contribution in [3.05, 3.63) is 75.7 Å². The summed E-state index contributed by atoms with van der Waals surface area (Å²) in [5, 5.41) is 4.93. The summed E-state index contributed by atoms with van der Waals surface area (Å²) >= 11 is 0. The second-order valence-corrected chi connectivity index (χ2v) is 7.84. The van der Waals surface area contributed by atoms with Gasteiger partial charge in [0.1, 0.15) is 6.61 Å². The van der Waals surface area contributed by atoms with E-state index in [2.05, 4.69) is 20.7 Å². The van der Waals surface area contributed by atoms with Gasteiger partial charge in [-0.05, 0) is 30.2 Å². The molecule has 0 aliphatic rings. The van der Waals surface area contributed by atoms with Crippen molar-refractivity contribution in [3.63, 3.8) is 0 Å². The SMILES string of the molecule is CCCCCn1nc(C(=O)NNC(=O)c2ccc(COCC(F)(F)F)cc2)c2ccccc2c1=O. The number of unbranched alkanes of at least 4 members (excludes halogenated alkanes) is 2. The molecule has 186 valence electrons. The Hall–Kier alpha value is -3.73. The summed E-state index contributed by atoms with van der Waals surface area (Å²) in [5.74, 6) is -1.34. The Morgan fingerprint density at radius 3 is 2.29 bits per heavy atom. The fourth-order valence-electron chi connectivity index (χ4n) is 3.35. The molecule has 0 spiro atoms. The predicted molar refractivity (Wildman–Crippen MR) is 123 cm³/mol. The number of benzene rings is 2. The predicted octanol–water partition coefficient (Wildman–Crippen LogP) is 3.74. The molecule has 3 rings (SSSR count). The number of aryl methyl sites for hydroxylation is 1. The molecule has 0 atom stereocenters. The van der Waals surface area contributed by atoms with Crippen LogP contribution in [-0.4, -0.2) is 34.4 Å². The number of fused-ring (bicyclic) bond motifs is 1. The highest BCUT2D eigenvalue weighted by Crippen LogP contribution is 2.16.